The van der Waals surface area contributed by atoms with E-state index in [0.29, 0.717) is 6.42 Å². The molecule has 0 bridgehead atoms. The Morgan fingerprint density at radius 2 is 2.12 bits per heavy atom. The van der Waals surface area contributed by atoms with Gasteiger partial charge in [-0.2, -0.15) is 11.3 Å². The fourth-order valence-corrected chi connectivity index (χ4v) is 3.00. The lowest BCUT2D eigenvalue weighted by Gasteiger charge is -2.26. The Labute approximate surface area is 144 Å². The van der Waals surface area contributed by atoms with Crippen molar-refractivity contribution in [2.75, 3.05) is 13.2 Å². The average molecular weight is 352 g/mol. The summed E-state index contributed by atoms with van der Waals surface area (Å²) in [5, 5.41) is 9.02. The third-order valence-electron chi connectivity index (χ3n) is 3.44. The van der Waals surface area contributed by atoms with Gasteiger partial charge >= 0.3 is 18.0 Å². The zero-order valence-corrected chi connectivity index (χ0v) is 14.4. The number of urea groups is 1. The molecule has 0 spiro atoms. The van der Waals surface area contributed by atoms with E-state index < -0.39 is 24.0 Å². The molecule has 2 heterocycles. The molecule has 0 radical (unpaired) electrons. The lowest BCUT2D eigenvalue weighted by Crippen LogP contribution is -2.50. The number of ether oxygens (including phenoxy) is 2. The Balaban J connectivity index is 1.97. The van der Waals surface area contributed by atoms with E-state index in [2.05, 4.69) is 10.6 Å². The second-order valence-electron chi connectivity index (χ2n) is 5.23. The van der Waals surface area contributed by atoms with Gasteiger partial charge in [0, 0.05) is 6.42 Å². The number of nitrogens with one attached hydrogen (secondary N) is 2. The molecule has 0 saturated heterocycles. The summed E-state index contributed by atoms with van der Waals surface area (Å²) < 4.78 is 10.2. The molecule has 1 aliphatic heterocycles. The van der Waals surface area contributed by atoms with Crippen LogP contribution in [0.5, 0.6) is 0 Å². The van der Waals surface area contributed by atoms with Crippen molar-refractivity contribution >= 4 is 29.3 Å². The van der Waals surface area contributed by atoms with Crippen LogP contribution in [0.15, 0.2) is 28.1 Å². The second-order valence-corrected chi connectivity index (χ2v) is 6.01. The lowest BCUT2D eigenvalue weighted by atomic mass is 10.0. The predicted octanol–water partition coefficient (Wildman–Crippen LogP) is 1.74. The zero-order chi connectivity index (χ0) is 17.5. The molecule has 1 atom stereocenters. The van der Waals surface area contributed by atoms with Crippen molar-refractivity contribution in [3.05, 3.63) is 33.7 Å². The monoisotopic (exact) mass is 352 g/mol. The molecule has 2 rings (SSSR count). The van der Waals surface area contributed by atoms with E-state index in [4.69, 9.17) is 9.47 Å². The lowest BCUT2D eigenvalue weighted by molar-refractivity contribution is -0.143. The van der Waals surface area contributed by atoms with Gasteiger partial charge in [-0.3, -0.25) is 4.79 Å². The number of esters is 2. The molecular formula is C16H20N2O5S. The summed E-state index contributed by atoms with van der Waals surface area (Å²) in [6.45, 7) is 3.41. The molecular weight excluding hydrogens is 332 g/mol. The molecule has 130 valence electrons. The number of rotatable bonds is 7. The van der Waals surface area contributed by atoms with Gasteiger partial charge in [0.15, 0.2) is 0 Å². The molecule has 1 aromatic rings. The Bertz CT molecular complexity index is 639. The Morgan fingerprint density at radius 3 is 2.79 bits per heavy atom. The zero-order valence-electron chi connectivity index (χ0n) is 13.6. The summed E-state index contributed by atoms with van der Waals surface area (Å²) in [5.74, 6) is -0.931. The first-order chi connectivity index (χ1) is 11.5. The van der Waals surface area contributed by atoms with Crippen molar-refractivity contribution in [2.45, 2.75) is 32.7 Å². The number of hydrogen-bond acceptors (Lipinski definition) is 6. The molecule has 0 fully saturated rings. The molecule has 2 amide bonds. The van der Waals surface area contributed by atoms with Crippen molar-refractivity contribution in [1.82, 2.24) is 10.6 Å². The fraction of sp³-hybridized carbons (Fsp3) is 0.438. The minimum atomic E-state index is -0.540. The molecule has 24 heavy (non-hydrogen) atoms. The maximum absolute atomic E-state index is 12.0. The van der Waals surface area contributed by atoms with Crippen LogP contribution in [0.25, 0.3) is 0 Å². The van der Waals surface area contributed by atoms with Crippen LogP contribution in [0.2, 0.25) is 0 Å². The van der Waals surface area contributed by atoms with Gasteiger partial charge in [-0.25, -0.2) is 9.59 Å². The molecule has 7 nitrogen and oxygen atoms in total. The van der Waals surface area contributed by atoms with Crippen molar-refractivity contribution < 1.29 is 23.9 Å². The molecule has 0 aromatic carbocycles. The summed E-state index contributed by atoms with van der Waals surface area (Å²) in [5.41, 5.74) is 1.60. The van der Waals surface area contributed by atoms with Gasteiger partial charge < -0.3 is 20.1 Å². The summed E-state index contributed by atoms with van der Waals surface area (Å²) in [7, 11) is 0. The van der Waals surface area contributed by atoms with Crippen molar-refractivity contribution in [2.24, 2.45) is 0 Å². The van der Waals surface area contributed by atoms with E-state index in [1.54, 1.807) is 25.2 Å². The van der Waals surface area contributed by atoms with E-state index >= 15 is 0 Å². The van der Waals surface area contributed by atoms with Crippen LogP contribution in [0.1, 0.15) is 25.8 Å². The normalized spacial score (nSPS) is 17.1. The van der Waals surface area contributed by atoms with E-state index in [1.807, 2.05) is 16.8 Å². The molecule has 1 aliphatic rings. The highest BCUT2D eigenvalue weighted by atomic mass is 32.1. The molecule has 2 N–H and O–H groups in total. The number of amides is 2. The smallest absolute Gasteiger partial charge is 0.338 e. The number of carbonyl (C=O) groups excluding carboxylic acids is 3. The minimum absolute atomic E-state index is 0.172. The third-order valence-corrected chi connectivity index (χ3v) is 4.17. The molecule has 0 saturated carbocycles. The van der Waals surface area contributed by atoms with Gasteiger partial charge in [-0.15, -0.1) is 0 Å². The van der Waals surface area contributed by atoms with Crippen LogP contribution < -0.4 is 10.6 Å². The third kappa shape index (κ3) is 4.82. The van der Waals surface area contributed by atoms with Gasteiger partial charge in [-0.05, 0) is 42.7 Å². The maximum atomic E-state index is 12.0. The first kappa shape index (κ1) is 18.0. The van der Waals surface area contributed by atoms with Crippen LogP contribution in [-0.4, -0.2) is 37.2 Å². The van der Waals surface area contributed by atoms with Gasteiger partial charge in [-0.1, -0.05) is 0 Å². The van der Waals surface area contributed by atoms with E-state index in [-0.39, 0.29) is 30.9 Å². The highest BCUT2D eigenvalue weighted by molar-refractivity contribution is 7.07. The van der Waals surface area contributed by atoms with Gasteiger partial charge in [0.1, 0.15) is 6.61 Å². The first-order valence-corrected chi connectivity index (χ1v) is 8.60. The molecule has 1 unspecified atom stereocenters. The topological polar surface area (TPSA) is 93.7 Å². The molecule has 8 heteroatoms. The summed E-state index contributed by atoms with van der Waals surface area (Å²) >= 11 is 1.57. The first-order valence-electron chi connectivity index (χ1n) is 7.65. The fourth-order valence-electron chi connectivity index (χ4n) is 2.30. The Morgan fingerprint density at radius 1 is 1.33 bits per heavy atom. The van der Waals surface area contributed by atoms with E-state index in [1.165, 1.54) is 0 Å². The van der Waals surface area contributed by atoms with Crippen LogP contribution in [0.3, 0.4) is 0 Å². The van der Waals surface area contributed by atoms with E-state index in [9.17, 15) is 14.4 Å². The molecule has 0 aliphatic carbocycles. The van der Waals surface area contributed by atoms with Gasteiger partial charge in [0.2, 0.25) is 0 Å². The van der Waals surface area contributed by atoms with Crippen LogP contribution >= 0.6 is 11.3 Å². The van der Waals surface area contributed by atoms with Crippen LogP contribution in [0.4, 0.5) is 4.79 Å². The van der Waals surface area contributed by atoms with Crippen molar-refractivity contribution in [1.29, 1.82) is 0 Å². The highest BCUT2D eigenvalue weighted by Crippen LogP contribution is 2.15. The maximum Gasteiger partial charge on any atom is 0.338 e. The number of aryl methyl sites for hydroxylation is 1. The highest BCUT2D eigenvalue weighted by Gasteiger charge is 2.30. The summed E-state index contributed by atoms with van der Waals surface area (Å²) in [6.07, 6.45) is 0.830. The minimum Gasteiger partial charge on any atom is -0.463 e. The summed E-state index contributed by atoms with van der Waals surface area (Å²) in [4.78, 5) is 35.5. The standard InChI is InChI=1S/C16H20N2O5S/c1-3-22-15(20)14-10(2)17-16(21)18-12(14)8-23-13(19)5-4-11-6-7-24-9-11/h6-7,9-10H,3-5,8H2,1-2H3,(H2,17,18,21). The summed E-state index contributed by atoms with van der Waals surface area (Å²) in [6, 6.07) is 0.991. The SMILES string of the molecule is CCOC(=O)C1=C(COC(=O)CCc2ccsc2)NC(=O)NC1C. The van der Waals surface area contributed by atoms with Crippen LogP contribution in [-0.2, 0) is 25.5 Å². The van der Waals surface area contributed by atoms with Crippen molar-refractivity contribution in [3.63, 3.8) is 0 Å². The largest absolute Gasteiger partial charge is 0.463 e. The van der Waals surface area contributed by atoms with Gasteiger partial charge in [0.05, 0.1) is 23.9 Å². The molecule has 1 aromatic heterocycles. The average Bonchev–Trinajstić information content (AvgIpc) is 3.03. The quantitative estimate of drug-likeness (QED) is 0.729. The number of hydrogen-bond donors (Lipinski definition) is 2. The van der Waals surface area contributed by atoms with Crippen molar-refractivity contribution in [3.8, 4) is 0 Å². The Kier molecular flexibility index (Phi) is 6.36. The second kappa shape index (κ2) is 8.49. The van der Waals surface area contributed by atoms with Gasteiger partial charge in [0.25, 0.3) is 0 Å². The number of carbonyl (C=O) groups is 3. The predicted molar refractivity (Wildman–Crippen MR) is 88.4 cm³/mol. The Hall–Kier alpha value is -2.35. The number of thiophene rings is 1. The van der Waals surface area contributed by atoms with Crippen LogP contribution in [0, 0.1) is 0 Å². The van der Waals surface area contributed by atoms with E-state index in [0.717, 1.165) is 5.56 Å².